The zero-order valence-corrected chi connectivity index (χ0v) is 12.5. The molecule has 1 aromatic rings. The molecule has 0 saturated heterocycles. The van der Waals surface area contributed by atoms with E-state index >= 15 is 0 Å². The van der Waals surface area contributed by atoms with Crippen LogP contribution in [0.2, 0.25) is 0 Å². The second-order valence-corrected chi connectivity index (χ2v) is 5.70. The maximum absolute atomic E-state index is 9.60. The Morgan fingerprint density at radius 1 is 1.50 bits per heavy atom. The van der Waals surface area contributed by atoms with Gasteiger partial charge in [-0.3, -0.25) is 10.3 Å². The number of nitrogens with one attached hydrogen (secondary N) is 1. The van der Waals surface area contributed by atoms with Gasteiger partial charge in [-0.05, 0) is 44.5 Å². The van der Waals surface area contributed by atoms with E-state index in [-0.39, 0.29) is 5.54 Å². The van der Waals surface area contributed by atoms with Gasteiger partial charge in [-0.1, -0.05) is 13.0 Å². The normalized spacial score (nSPS) is 17.7. The number of rotatable bonds is 8. The summed E-state index contributed by atoms with van der Waals surface area (Å²) in [5.41, 5.74) is 0.741. The van der Waals surface area contributed by atoms with E-state index in [0.717, 1.165) is 31.7 Å². The molecule has 1 unspecified atom stereocenters. The molecule has 0 radical (unpaired) electrons. The summed E-state index contributed by atoms with van der Waals surface area (Å²) in [6.45, 7) is 4.63. The lowest BCUT2D eigenvalue weighted by Gasteiger charge is -2.32. The molecule has 2 rings (SSSR count). The molecule has 20 heavy (non-hydrogen) atoms. The summed E-state index contributed by atoms with van der Waals surface area (Å²) in [7, 11) is 2.09. The Labute approximate surface area is 121 Å². The van der Waals surface area contributed by atoms with Crippen molar-refractivity contribution in [2.24, 2.45) is 5.92 Å². The minimum atomic E-state index is -0.367. The van der Waals surface area contributed by atoms with Crippen molar-refractivity contribution < 1.29 is 0 Å². The molecule has 1 heterocycles. The van der Waals surface area contributed by atoms with E-state index in [2.05, 4.69) is 41.3 Å². The molecule has 0 aromatic carbocycles. The Kier molecular flexibility index (Phi) is 5.11. The van der Waals surface area contributed by atoms with Crippen LogP contribution in [0.15, 0.2) is 24.4 Å². The van der Waals surface area contributed by atoms with Gasteiger partial charge >= 0.3 is 0 Å². The number of hydrogen-bond acceptors (Lipinski definition) is 4. The predicted molar refractivity (Wildman–Crippen MR) is 80.2 cm³/mol. The van der Waals surface area contributed by atoms with Gasteiger partial charge in [0.25, 0.3) is 0 Å². The summed E-state index contributed by atoms with van der Waals surface area (Å²) in [5, 5.41) is 13.0. The van der Waals surface area contributed by atoms with Gasteiger partial charge in [0.15, 0.2) is 0 Å². The first-order valence-electron chi connectivity index (χ1n) is 7.45. The van der Waals surface area contributed by atoms with Crippen LogP contribution < -0.4 is 5.32 Å². The number of nitriles is 1. The van der Waals surface area contributed by atoms with E-state index in [1.807, 2.05) is 18.3 Å². The summed E-state index contributed by atoms with van der Waals surface area (Å²) < 4.78 is 0. The molecule has 1 N–H and O–H groups in total. The van der Waals surface area contributed by atoms with Gasteiger partial charge < -0.3 is 4.90 Å². The van der Waals surface area contributed by atoms with E-state index in [9.17, 15) is 5.26 Å². The highest BCUT2D eigenvalue weighted by atomic mass is 15.2. The molecule has 0 bridgehead atoms. The van der Waals surface area contributed by atoms with Crippen molar-refractivity contribution in [3.05, 3.63) is 30.1 Å². The highest BCUT2D eigenvalue weighted by Gasteiger charge is 2.45. The van der Waals surface area contributed by atoms with Crippen LogP contribution in [-0.2, 0) is 6.42 Å². The fraction of sp³-hybridized carbons (Fsp3) is 0.625. The molecule has 1 aliphatic carbocycles. The van der Waals surface area contributed by atoms with Gasteiger partial charge in [-0.2, -0.15) is 5.26 Å². The van der Waals surface area contributed by atoms with E-state index in [1.54, 1.807) is 0 Å². The van der Waals surface area contributed by atoms with Crippen molar-refractivity contribution in [3.8, 4) is 6.07 Å². The number of likely N-dealkylation sites (N-methyl/N-ethyl adjacent to an activating group) is 2. The van der Waals surface area contributed by atoms with Crippen molar-refractivity contribution in [1.82, 2.24) is 15.2 Å². The standard InChI is InChI=1S/C16H24N4/c1-3-19-16(12-17,14-7-8-14)13-20(2)11-9-15-6-4-5-10-18-15/h4-6,10,14,19H,3,7-9,11,13H2,1-2H3. The van der Waals surface area contributed by atoms with Crippen LogP contribution >= 0.6 is 0 Å². The molecular weight excluding hydrogens is 248 g/mol. The van der Waals surface area contributed by atoms with Crippen molar-refractivity contribution in [2.45, 2.75) is 31.7 Å². The van der Waals surface area contributed by atoms with Crippen molar-refractivity contribution in [3.63, 3.8) is 0 Å². The van der Waals surface area contributed by atoms with Gasteiger partial charge in [-0.25, -0.2) is 0 Å². The fourth-order valence-corrected chi connectivity index (χ4v) is 2.74. The van der Waals surface area contributed by atoms with Crippen molar-refractivity contribution in [2.75, 3.05) is 26.7 Å². The van der Waals surface area contributed by atoms with Crippen LogP contribution in [0.25, 0.3) is 0 Å². The number of hydrogen-bond donors (Lipinski definition) is 1. The molecule has 4 heteroatoms. The summed E-state index contributed by atoms with van der Waals surface area (Å²) in [5.74, 6) is 0.518. The first-order valence-corrected chi connectivity index (χ1v) is 7.45. The zero-order chi connectivity index (χ0) is 14.4. The third-order valence-corrected chi connectivity index (χ3v) is 3.96. The molecule has 0 spiro atoms. The van der Waals surface area contributed by atoms with E-state index in [0.29, 0.717) is 5.92 Å². The van der Waals surface area contributed by atoms with Gasteiger partial charge in [0.1, 0.15) is 5.54 Å². The number of pyridine rings is 1. The maximum atomic E-state index is 9.60. The molecule has 1 saturated carbocycles. The second kappa shape index (κ2) is 6.83. The highest BCUT2D eigenvalue weighted by molar-refractivity contribution is 5.16. The SMILES string of the molecule is CCNC(C#N)(CN(C)CCc1ccccn1)C1CC1. The summed E-state index contributed by atoms with van der Waals surface area (Å²) in [6.07, 6.45) is 5.11. The Morgan fingerprint density at radius 2 is 2.30 bits per heavy atom. The first-order chi connectivity index (χ1) is 9.70. The second-order valence-electron chi connectivity index (χ2n) is 5.70. The van der Waals surface area contributed by atoms with E-state index in [1.165, 1.54) is 12.8 Å². The van der Waals surface area contributed by atoms with Crippen molar-refractivity contribution in [1.29, 1.82) is 5.26 Å². The van der Waals surface area contributed by atoms with Crippen LogP contribution in [-0.4, -0.2) is 42.1 Å². The fourth-order valence-electron chi connectivity index (χ4n) is 2.74. The Balaban J connectivity index is 1.88. The molecule has 0 aliphatic heterocycles. The summed E-state index contributed by atoms with van der Waals surface area (Å²) in [6, 6.07) is 8.55. The predicted octanol–water partition coefficient (Wildman–Crippen LogP) is 1.84. The molecule has 1 aliphatic rings. The van der Waals surface area contributed by atoms with E-state index in [4.69, 9.17) is 0 Å². The highest BCUT2D eigenvalue weighted by Crippen LogP contribution is 2.39. The van der Waals surface area contributed by atoms with Gasteiger partial charge in [0, 0.05) is 31.4 Å². The average molecular weight is 272 g/mol. The first kappa shape index (κ1) is 15.0. The van der Waals surface area contributed by atoms with E-state index < -0.39 is 0 Å². The van der Waals surface area contributed by atoms with Crippen molar-refractivity contribution >= 4 is 0 Å². The van der Waals surface area contributed by atoms with Crippen LogP contribution in [0.3, 0.4) is 0 Å². The topological polar surface area (TPSA) is 52.0 Å². The minimum Gasteiger partial charge on any atom is -0.303 e. The smallest absolute Gasteiger partial charge is 0.122 e. The van der Waals surface area contributed by atoms with Gasteiger partial charge in [0.2, 0.25) is 0 Å². The molecule has 1 aromatic heterocycles. The monoisotopic (exact) mass is 272 g/mol. The van der Waals surface area contributed by atoms with Gasteiger partial charge in [0.05, 0.1) is 6.07 Å². The Morgan fingerprint density at radius 3 is 2.85 bits per heavy atom. The quantitative estimate of drug-likeness (QED) is 0.784. The Hall–Kier alpha value is -1.44. The lowest BCUT2D eigenvalue weighted by molar-refractivity contribution is 0.232. The molecule has 108 valence electrons. The third-order valence-electron chi connectivity index (χ3n) is 3.96. The van der Waals surface area contributed by atoms with Crippen LogP contribution in [0, 0.1) is 17.2 Å². The third kappa shape index (κ3) is 3.78. The lowest BCUT2D eigenvalue weighted by Crippen LogP contribution is -2.53. The molecule has 4 nitrogen and oxygen atoms in total. The summed E-state index contributed by atoms with van der Waals surface area (Å²) >= 11 is 0. The zero-order valence-electron chi connectivity index (χ0n) is 12.5. The minimum absolute atomic E-state index is 0.367. The number of aromatic nitrogens is 1. The van der Waals surface area contributed by atoms with Gasteiger partial charge in [-0.15, -0.1) is 0 Å². The maximum Gasteiger partial charge on any atom is 0.122 e. The van der Waals surface area contributed by atoms with Crippen LogP contribution in [0.1, 0.15) is 25.5 Å². The molecular formula is C16H24N4. The molecule has 0 amide bonds. The summed E-state index contributed by atoms with van der Waals surface area (Å²) in [4.78, 5) is 6.59. The molecule has 1 fully saturated rings. The molecule has 1 atom stereocenters. The average Bonchev–Trinajstić information content (AvgIpc) is 3.31. The van der Waals surface area contributed by atoms with Crippen LogP contribution in [0.5, 0.6) is 0 Å². The lowest BCUT2D eigenvalue weighted by atomic mass is 9.94. The van der Waals surface area contributed by atoms with Crippen LogP contribution in [0.4, 0.5) is 0 Å². The number of nitrogens with zero attached hydrogens (tertiary/aromatic N) is 3. The Bertz CT molecular complexity index is 449. The largest absolute Gasteiger partial charge is 0.303 e.